The van der Waals surface area contributed by atoms with Gasteiger partial charge >= 0.3 is 5.97 Å². The third-order valence-corrected chi connectivity index (χ3v) is 3.66. The summed E-state index contributed by atoms with van der Waals surface area (Å²) in [7, 11) is 0. The summed E-state index contributed by atoms with van der Waals surface area (Å²) in [6.45, 7) is 6.82. The number of hydrogen-bond donors (Lipinski definition) is 0. The second-order valence-corrected chi connectivity index (χ2v) is 5.16. The first-order chi connectivity index (χ1) is 10.7. The fraction of sp³-hybridized carbons (Fsp3) is 0.438. The van der Waals surface area contributed by atoms with Crippen LogP contribution >= 0.6 is 0 Å². The van der Waals surface area contributed by atoms with Crippen molar-refractivity contribution >= 4 is 22.7 Å². The van der Waals surface area contributed by atoms with E-state index in [-0.39, 0.29) is 5.97 Å². The Hall–Kier alpha value is -2.21. The number of esters is 1. The molecular formula is C16H19N3O3. The van der Waals surface area contributed by atoms with Crippen LogP contribution in [0.1, 0.15) is 23.0 Å². The van der Waals surface area contributed by atoms with Crippen LogP contribution in [0.4, 0.5) is 5.69 Å². The third-order valence-electron chi connectivity index (χ3n) is 3.66. The molecule has 0 amide bonds. The van der Waals surface area contributed by atoms with Gasteiger partial charge in [0.05, 0.1) is 25.5 Å². The van der Waals surface area contributed by atoms with E-state index in [1.807, 2.05) is 19.1 Å². The highest BCUT2D eigenvalue weighted by Crippen LogP contribution is 2.30. The molecule has 0 saturated carbocycles. The molecule has 22 heavy (non-hydrogen) atoms. The lowest BCUT2D eigenvalue weighted by Crippen LogP contribution is -2.37. The Balaban J connectivity index is 2.16. The molecule has 0 bridgehead atoms. The smallest absolute Gasteiger partial charge is 0.341 e. The van der Waals surface area contributed by atoms with E-state index in [9.17, 15) is 4.79 Å². The Kier molecular flexibility index (Phi) is 4.20. The summed E-state index contributed by atoms with van der Waals surface area (Å²) in [5.74, 6) is -0.348. The average molecular weight is 301 g/mol. The average Bonchev–Trinajstić information content (AvgIpc) is 2.54. The summed E-state index contributed by atoms with van der Waals surface area (Å²) >= 11 is 0. The van der Waals surface area contributed by atoms with Gasteiger partial charge in [0.1, 0.15) is 5.56 Å². The lowest BCUT2D eigenvalue weighted by molar-refractivity contribution is 0.0526. The van der Waals surface area contributed by atoms with Crippen LogP contribution in [0.25, 0.3) is 11.0 Å². The maximum Gasteiger partial charge on any atom is 0.341 e. The monoisotopic (exact) mass is 301 g/mol. The zero-order chi connectivity index (χ0) is 15.5. The largest absolute Gasteiger partial charge is 0.462 e. The molecule has 2 aromatic rings. The Morgan fingerprint density at radius 1 is 1.36 bits per heavy atom. The van der Waals surface area contributed by atoms with Gasteiger partial charge in [-0.3, -0.25) is 0 Å². The minimum absolute atomic E-state index is 0.339. The van der Waals surface area contributed by atoms with Crippen LogP contribution < -0.4 is 4.90 Å². The van der Waals surface area contributed by atoms with Crippen molar-refractivity contribution in [3.63, 3.8) is 0 Å². The molecule has 0 spiro atoms. The van der Waals surface area contributed by atoms with Crippen LogP contribution in [0.2, 0.25) is 0 Å². The Morgan fingerprint density at radius 3 is 2.86 bits per heavy atom. The maximum absolute atomic E-state index is 12.3. The summed E-state index contributed by atoms with van der Waals surface area (Å²) < 4.78 is 10.6. The Bertz CT molecular complexity index is 696. The maximum atomic E-state index is 12.3. The Labute approximate surface area is 129 Å². The second kappa shape index (κ2) is 6.27. The highest BCUT2D eigenvalue weighted by Gasteiger charge is 2.23. The van der Waals surface area contributed by atoms with Gasteiger partial charge in [0.25, 0.3) is 0 Å². The minimum Gasteiger partial charge on any atom is -0.462 e. The fourth-order valence-electron chi connectivity index (χ4n) is 2.64. The van der Waals surface area contributed by atoms with E-state index in [1.165, 1.54) is 0 Å². The van der Waals surface area contributed by atoms with Gasteiger partial charge in [0.2, 0.25) is 0 Å². The van der Waals surface area contributed by atoms with Crippen molar-refractivity contribution in [3.8, 4) is 0 Å². The standard InChI is InChI=1S/C16H19N3O3/c1-3-22-16(20)13-10-17-15-12(5-4-11(2)18-15)14(13)19-6-8-21-9-7-19/h4-5,10H,3,6-9H2,1-2H3. The third kappa shape index (κ3) is 2.74. The quantitative estimate of drug-likeness (QED) is 0.807. The summed E-state index contributed by atoms with van der Waals surface area (Å²) in [5.41, 5.74) is 2.88. The van der Waals surface area contributed by atoms with Crippen LogP contribution in [-0.4, -0.2) is 48.8 Å². The molecule has 6 nitrogen and oxygen atoms in total. The van der Waals surface area contributed by atoms with Crippen LogP contribution in [0.3, 0.4) is 0 Å². The zero-order valence-corrected chi connectivity index (χ0v) is 12.8. The minimum atomic E-state index is -0.348. The number of hydrogen-bond acceptors (Lipinski definition) is 6. The van der Waals surface area contributed by atoms with Gasteiger partial charge in [-0.25, -0.2) is 14.8 Å². The molecule has 1 saturated heterocycles. The highest BCUT2D eigenvalue weighted by atomic mass is 16.5. The number of carbonyl (C=O) groups excluding carboxylic acids is 1. The lowest BCUT2D eigenvalue weighted by Gasteiger charge is -2.30. The van der Waals surface area contributed by atoms with E-state index >= 15 is 0 Å². The predicted molar refractivity (Wildman–Crippen MR) is 83.3 cm³/mol. The normalized spacial score (nSPS) is 15.1. The van der Waals surface area contributed by atoms with Crippen molar-refractivity contribution in [2.24, 2.45) is 0 Å². The van der Waals surface area contributed by atoms with Gasteiger partial charge in [-0.1, -0.05) is 0 Å². The van der Waals surface area contributed by atoms with Gasteiger partial charge in [0, 0.05) is 30.4 Å². The van der Waals surface area contributed by atoms with E-state index in [0.29, 0.717) is 31.0 Å². The topological polar surface area (TPSA) is 64.5 Å². The van der Waals surface area contributed by atoms with Gasteiger partial charge in [0.15, 0.2) is 5.65 Å². The molecule has 3 heterocycles. The summed E-state index contributed by atoms with van der Waals surface area (Å²) in [6.07, 6.45) is 1.57. The number of rotatable bonds is 3. The van der Waals surface area contributed by atoms with Gasteiger partial charge in [-0.05, 0) is 26.0 Å². The molecule has 1 fully saturated rings. The van der Waals surface area contributed by atoms with E-state index in [1.54, 1.807) is 13.1 Å². The number of morpholine rings is 1. The summed E-state index contributed by atoms with van der Waals surface area (Å²) in [6, 6.07) is 3.90. The van der Waals surface area contributed by atoms with Crippen LogP contribution in [0, 0.1) is 6.92 Å². The number of ether oxygens (including phenoxy) is 2. The number of fused-ring (bicyclic) bond motifs is 1. The van der Waals surface area contributed by atoms with Crippen LogP contribution in [0.15, 0.2) is 18.3 Å². The molecule has 116 valence electrons. The van der Waals surface area contributed by atoms with Crippen molar-refractivity contribution in [3.05, 3.63) is 29.6 Å². The molecular weight excluding hydrogens is 282 g/mol. The molecule has 0 N–H and O–H groups in total. The van der Waals surface area contributed by atoms with Crippen LogP contribution in [-0.2, 0) is 9.47 Å². The van der Waals surface area contributed by atoms with Crippen molar-refractivity contribution in [1.29, 1.82) is 0 Å². The number of aromatic nitrogens is 2. The number of pyridine rings is 2. The molecule has 2 aromatic heterocycles. The summed E-state index contributed by atoms with van der Waals surface area (Å²) in [5, 5.41) is 0.873. The van der Waals surface area contributed by atoms with E-state index in [2.05, 4.69) is 14.9 Å². The molecule has 3 rings (SSSR count). The molecule has 0 aliphatic carbocycles. The van der Waals surface area contributed by atoms with Crippen molar-refractivity contribution in [2.45, 2.75) is 13.8 Å². The van der Waals surface area contributed by atoms with Crippen molar-refractivity contribution in [2.75, 3.05) is 37.8 Å². The fourth-order valence-corrected chi connectivity index (χ4v) is 2.64. The van der Waals surface area contributed by atoms with Gasteiger partial charge < -0.3 is 14.4 Å². The van der Waals surface area contributed by atoms with Crippen molar-refractivity contribution in [1.82, 2.24) is 9.97 Å². The molecule has 0 radical (unpaired) electrons. The number of anilines is 1. The second-order valence-electron chi connectivity index (χ2n) is 5.16. The van der Waals surface area contributed by atoms with Crippen molar-refractivity contribution < 1.29 is 14.3 Å². The molecule has 0 unspecified atom stereocenters. The van der Waals surface area contributed by atoms with E-state index in [0.717, 1.165) is 29.9 Å². The van der Waals surface area contributed by atoms with E-state index in [4.69, 9.17) is 9.47 Å². The molecule has 1 aliphatic heterocycles. The van der Waals surface area contributed by atoms with Gasteiger partial charge in [-0.15, -0.1) is 0 Å². The lowest BCUT2D eigenvalue weighted by atomic mass is 10.1. The Morgan fingerprint density at radius 2 is 2.14 bits per heavy atom. The van der Waals surface area contributed by atoms with Crippen LogP contribution in [0.5, 0.6) is 0 Å². The molecule has 6 heteroatoms. The van der Waals surface area contributed by atoms with E-state index < -0.39 is 0 Å². The molecule has 1 aliphatic rings. The van der Waals surface area contributed by atoms with Gasteiger partial charge in [-0.2, -0.15) is 0 Å². The first-order valence-electron chi connectivity index (χ1n) is 7.47. The number of aryl methyl sites for hydroxylation is 1. The predicted octanol–water partition coefficient (Wildman–Crippen LogP) is 1.95. The number of carbonyl (C=O) groups is 1. The molecule has 0 atom stereocenters. The number of nitrogens with zero attached hydrogens (tertiary/aromatic N) is 3. The first kappa shape index (κ1) is 14.7. The molecule has 0 aromatic carbocycles. The first-order valence-corrected chi connectivity index (χ1v) is 7.47. The SMILES string of the molecule is CCOC(=O)c1cnc2nc(C)ccc2c1N1CCOCC1. The highest BCUT2D eigenvalue weighted by molar-refractivity contribution is 6.04. The summed E-state index contributed by atoms with van der Waals surface area (Å²) in [4.78, 5) is 23.2. The zero-order valence-electron chi connectivity index (χ0n) is 12.8.